The second-order valence-corrected chi connectivity index (χ2v) is 10.4. The normalized spacial score (nSPS) is 12.0. The number of hydrogen-bond acceptors (Lipinski definition) is 7. The summed E-state index contributed by atoms with van der Waals surface area (Å²) in [5.41, 5.74) is 8.21. The Morgan fingerprint density at radius 1 is 1.13 bits per heavy atom. The van der Waals surface area contributed by atoms with Gasteiger partial charge in [0, 0.05) is 36.0 Å². The molecule has 0 saturated heterocycles. The van der Waals surface area contributed by atoms with E-state index in [2.05, 4.69) is 53.8 Å². The maximum atomic E-state index is 6.14. The monoisotopic (exact) mass is 558 g/mol. The van der Waals surface area contributed by atoms with Gasteiger partial charge in [0.1, 0.15) is 17.4 Å². The molecule has 2 N–H and O–H groups in total. The predicted molar refractivity (Wildman–Crippen MR) is 172 cm³/mol. The minimum atomic E-state index is -0.193. The van der Waals surface area contributed by atoms with E-state index in [0.717, 1.165) is 34.1 Å². The van der Waals surface area contributed by atoms with Gasteiger partial charge in [-0.05, 0) is 39.2 Å². The Hall–Kier alpha value is -2.19. The first kappa shape index (κ1) is 35.8. The van der Waals surface area contributed by atoms with Crippen LogP contribution < -0.4 is 5.73 Å². The molecule has 38 heavy (non-hydrogen) atoms. The highest BCUT2D eigenvalue weighted by Gasteiger charge is 2.10. The van der Waals surface area contributed by atoms with Crippen molar-refractivity contribution in [2.45, 2.75) is 72.3 Å². The number of pyridine rings is 1. The van der Waals surface area contributed by atoms with Gasteiger partial charge in [-0.1, -0.05) is 83.9 Å². The fourth-order valence-corrected chi connectivity index (χ4v) is 4.48. The minimum absolute atomic E-state index is 0.193. The van der Waals surface area contributed by atoms with E-state index in [-0.39, 0.29) is 6.04 Å². The van der Waals surface area contributed by atoms with E-state index >= 15 is 0 Å². The van der Waals surface area contributed by atoms with Gasteiger partial charge in [-0.3, -0.25) is 4.98 Å². The van der Waals surface area contributed by atoms with Crippen molar-refractivity contribution in [2.75, 3.05) is 26.4 Å². The zero-order valence-corrected chi connectivity index (χ0v) is 26.3. The Morgan fingerprint density at radius 2 is 1.82 bits per heavy atom. The smallest absolute Gasteiger partial charge is 0.114 e. The Morgan fingerprint density at radius 3 is 2.34 bits per heavy atom. The maximum absolute atomic E-state index is 6.14. The lowest BCUT2D eigenvalue weighted by molar-refractivity contribution is 0.185. The molecule has 0 aliphatic heterocycles. The van der Waals surface area contributed by atoms with Gasteiger partial charge in [0.2, 0.25) is 0 Å². The van der Waals surface area contributed by atoms with Crippen LogP contribution in [0.3, 0.4) is 0 Å². The molecule has 4 rings (SSSR count). The molecule has 1 saturated carbocycles. The second-order valence-electron chi connectivity index (χ2n) is 8.21. The van der Waals surface area contributed by atoms with Crippen molar-refractivity contribution >= 4 is 33.3 Å². The van der Waals surface area contributed by atoms with Gasteiger partial charge in [0.15, 0.2) is 0 Å². The zero-order valence-electron chi connectivity index (χ0n) is 24.7. The number of allylic oxidation sites excluding steroid dienone is 1. The van der Waals surface area contributed by atoms with Gasteiger partial charge in [0.05, 0.1) is 16.3 Å². The number of fused-ring (bicyclic) bond motifs is 1. The molecule has 0 spiro atoms. The summed E-state index contributed by atoms with van der Waals surface area (Å²) in [5.74, 6) is 2.21. The molecule has 1 aliphatic carbocycles. The van der Waals surface area contributed by atoms with Gasteiger partial charge in [-0.25, -0.2) is 4.98 Å². The predicted octanol–water partition coefficient (Wildman–Crippen LogP) is 8.33. The number of para-hydroxylation sites is 1. The van der Waals surface area contributed by atoms with Crippen molar-refractivity contribution in [3.8, 4) is 0 Å². The molecule has 3 aromatic rings. The van der Waals surface area contributed by atoms with Crippen LogP contribution in [0.4, 0.5) is 0 Å². The van der Waals surface area contributed by atoms with Crippen molar-refractivity contribution in [3.63, 3.8) is 0 Å². The van der Waals surface area contributed by atoms with Crippen molar-refractivity contribution in [2.24, 2.45) is 5.73 Å². The van der Waals surface area contributed by atoms with Crippen LogP contribution in [0.25, 0.3) is 10.2 Å². The largest absolute Gasteiger partial charge is 0.492 e. The first-order chi connectivity index (χ1) is 18.5. The first-order valence-electron chi connectivity index (χ1n) is 13.6. The highest BCUT2D eigenvalue weighted by atomic mass is 32.2. The van der Waals surface area contributed by atoms with E-state index in [9.17, 15) is 0 Å². The molecule has 1 fully saturated rings. The Labute approximate surface area is 240 Å². The van der Waals surface area contributed by atoms with Gasteiger partial charge in [-0.2, -0.15) is 11.8 Å². The lowest BCUT2D eigenvalue weighted by Gasteiger charge is -2.15. The van der Waals surface area contributed by atoms with Crippen molar-refractivity contribution in [1.29, 1.82) is 0 Å². The van der Waals surface area contributed by atoms with Crippen molar-refractivity contribution in [1.82, 2.24) is 14.9 Å². The average Bonchev–Trinajstić information content (AvgIpc) is 3.79. The third kappa shape index (κ3) is 18.1. The molecule has 5 nitrogen and oxygen atoms in total. The lowest BCUT2D eigenvalue weighted by Crippen LogP contribution is -2.26. The molecule has 1 aromatic carbocycles. The van der Waals surface area contributed by atoms with Crippen LogP contribution in [0, 0.1) is 0 Å². The minimum Gasteiger partial charge on any atom is -0.492 e. The van der Waals surface area contributed by atoms with Crippen LogP contribution in [0.1, 0.15) is 64.5 Å². The summed E-state index contributed by atoms with van der Waals surface area (Å²) < 4.78 is 6.88. The number of likely N-dealkylation sites (N-methyl/N-ethyl adjacent to an activating group) is 1. The third-order valence-corrected chi connectivity index (χ3v) is 6.77. The topological polar surface area (TPSA) is 64.3 Å². The van der Waals surface area contributed by atoms with Gasteiger partial charge in [0.25, 0.3) is 0 Å². The van der Waals surface area contributed by atoms with Gasteiger partial charge >= 0.3 is 0 Å². The van der Waals surface area contributed by atoms with Gasteiger partial charge in [-0.15, -0.1) is 11.3 Å². The quantitative estimate of drug-likeness (QED) is 0.199. The number of aromatic nitrogens is 2. The lowest BCUT2D eigenvalue weighted by atomic mass is 10.3. The highest BCUT2D eigenvalue weighted by Crippen LogP contribution is 2.25. The molecule has 0 amide bonds. The van der Waals surface area contributed by atoms with E-state index in [1.54, 1.807) is 35.5 Å². The molecule has 7 heteroatoms. The molecular weight excluding hydrogens is 509 g/mol. The van der Waals surface area contributed by atoms with E-state index in [0.29, 0.717) is 12.4 Å². The van der Waals surface area contributed by atoms with Crippen molar-refractivity contribution < 1.29 is 4.74 Å². The number of thioether (sulfide) groups is 1. The summed E-state index contributed by atoms with van der Waals surface area (Å²) in [6.45, 7) is 15.5. The summed E-state index contributed by atoms with van der Waals surface area (Å²) >= 11 is 3.48. The van der Waals surface area contributed by atoms with E-state index < -0.39 is 0 Å². The van der Waals surface area contributed by atoms with Crippen LogP contribution in [0.2, 0.25) is 0 Å². The molecule has 0 bridgehead atoms. The first-order valence-corrected chi connectivity index (χ1v) is 15.6. The fraction of sp³-hybridized carbons (Fsp3) is 0.484. The van der Waals surface area contributed by atoms with Crippen LogP contribution in [-0.4, -0.2) is 47.3 Å². The molecule has 0 radical (unpaired) electrons. The summed E-state index contributed by atoms with van der Waals surface area (Å²) in [6, 6.07) is 11.8. The van der Waals surface area contributed by atoms with Crippen LogP contribution in [0.15, 0.2) is 73.3 Å². The van der Waals surface area contributed by atoms with E-state index in [4.69, 9.17) is 10.5 Å². The Kier molecular flexibility index (Phi) is 22.5. The van der Waals surface area contributed by atoms with E-state index in [1.807, 2.05) is 65.0 Å². The SMILES string of the molecule is C/C=C\CN(C)C.C1CC1.C=C(OCc1cccnc1)[C@H](N)CSCc1nc2ccccc2s1.CC.CC. The van der Waals surface area contributed by atoms with Gasteiger partial charge < -0.3 is 15.4 Å². The molecule has 2 heterocycles. The fourth-order valence-electron chi connectivity index (χ4n) is 2.43. The Balaban J connectivity index is 0.000000811. The number of benzene rings is 1. The molecule has 212 valence electrons. The number of nitrogens with two attached hydrogens (primary N) is 1. The number of ether oxygens (including phenoxy) is 1. The molecule has 1 aliphatic rings. The number of thiazole rings is 1. The summed E-state index contributed by atoms with van der Waals surface area (Å²) in [6.07, 6.45) is 12.2. The van der Waals surface area contributed by atoms with E-state index in [1.165, 1.54) is 24.0 Å². The Bertz CT molecular complexity index is 952. The molecular formula is C31H50N4OS2. The summed E-state index contributed by atoms with van der Waals surface area (Å²) in [4.78, 5) is 10.8. The summed E-state index contributed by atoms with van der Waals surface area (Å²) in [5, 5.41) is 1.12. The number of rotatable bonds is 10. The average molecular weight is 559 g/mol. The summed E-state index contributed by atoms with van der Waals surface area (Å²) in [7, 11) is 4.11. The molecule has 2 aromatic heterocycles. The van der Waals surface area contributed by atoms with Crippen LogP contribution in [0.5, 0.6) is 0 Å². The number of hydrogen-bond donors (Lipinski definition) is 1. The molecule has 0 unspecified atom stereocenters. The highest BCUT2D eigenvalue weighted by molar-refractivity contribution is 7.98. The standard InChI is InChI=1S/C18H19N3OS2.C6H13N.C3H6.2C2H6/c1-13(22-10-14-5-4-8-20-9-14)15(19)11-23-12-18-21-16-6-2-3-7-17(16)24-18;1-4-5-6-7(2)3;1-2-3-1;2*1-2/h2-9,15H,1,10-12,19H2;4-5H,6H2,1-3H3;1-3H2;2*1-2H3/b;5-4-;;;/t15-;;;;/m1..../s1. The van der Waals surface area contributed by atoms with Crippen LogP contribution >= 0.6 is 23.1 Å². The number of nitrogens with zero attached hydrogens (tertiary/aromatic N) is 3. The second kappa shape index (κ2) is 23.9. The zero-order chi connectivity index (χ0) is 28.6. The van der Waals surface area contributed by atoms with Crippen LogP contribution in [-0.2, 0) is 17.1 Å². The van der Waals surface area contributed by atoms with Crippen molar-refractivity contribution in [3.05, 3.63) is 83.9 Å². The third-order valence-electron chi connectivity index (χ3n) is 4.48. The molecule has 1 atom stereocenters. The maximum Gasteiger partial charge on any atom is 0.114 e.